The molecule has 3 rings (SSSR count). The van der Waals surface area contributed by atoms with Gasteiger partial charge in [0.15, 0.2) is 0 Å². The molecular weight excluding hydrogens is 364 g/mol. The second-order valence-electron chi connectivity index (χ2n) is 8.36. The predicted molar refractivity (Wildman–Crippen MR) is 117 cm³/mol. The van der Waals surface area contributed by atoms with E-state index in [4.69, 9.17) is 0 Å². The van der Waals surface area contributed by atoms with Crippen molar-refractivity contribution in [1.29, 1.82) is 0 Å². The summed E-state index contributed by atoms with van der Waals surface area (Å²) in [4.78, 5) is 27.0. The highest BCUT2D eigenvalue weighted by atomic mass is 16.3. The van der Waals surface area contributed by atoms with E-state index in [-0.39, 0.29) is 11.7 Å². The average molecular weight is 399 g/mol. The van der Waals surface area contributed by atoms with Crippen LogP contribution in [-0.2, 0) is 4.79 Å². The number of unbranched alkanes of at least 4 members (excludes halogenated alkanes) is 2. The van der Waals surface area contributed by atoms with E-state index in [9.17, 15) is 14.7 Å². The van der Waals surface area contributed by atoms with E-state index >= 15 is 0 Å². The first-order valence-corrected chi connectivity index (χ1v) is 11.2. The minimum absolute atomic E-state index is 0.00276. The van der Waals surface area contributed by atoms with Gasteiger partial charge in [-0.2, -0.15) is 0 Å². The van der Waals surface area contributed by atoms with Gasteiger partial charge in [0.1, 0.15) is 5.76 Å². The first-order chi connectivity index (χ1) is 14.1. The Bertz CT molecular complexity index is 763. The van der Waals surface area contributed by atoms with Crippen LogP contribution in [-0.4, -0.2) is 23.6 Å². The molecule has 1 saturated carbocycles. The fraction of sp³-hybridized carbons (Fsp3) is 0.583. The van der Waals surface area contributed by atoms with E-state index in [0.29, 0.717) is 23.4 Å². The lowest BCUT2D eigenvalue weighted by Crippen LogP contribution is -2.42. The molecule has 158 valence electrons. The lowest BCUT2D eigenvalue weighted by atomic mass is 9.78. The highest BCUT2D eigenvalue weighted by Gasteiger charge is 2.40. The fourth-order valence-corrected chi connectivity index (χ4v) is 4.54. The number of fused-ring (bicyclic) bond motifs is 1. The number of aliphatic hydroxyl groups excluding tert-OH is 1. The molecule has 0 atom stereocenters. The number of amides is 3. The molecule has 1 fully saturated rings. The SMILES string of the molecule is CCCCNC(=O)N1C(=O)C(=C(O)C2CCC(CCCC)CC2)c2ccccc21. The fourth-order valence-electron chi connectivity index (χ4n) is 4.54. The Morgan fingerprint density at radius 2 is 1.79 bits per heavy atom. The molecule has 0 aromatic heterocycles. The molecule has 1 aromatic rings. The lowest BCUT2D eigenvalue weighted by Gasteiger charge is -2.28. The first-order valence-electron chi connectivity index (χ1n) is 11.2. The normalized spacial score (nSPS) is 23.1. The second-order valence-corrected chi connectivity index (χ2v) is 8.36. The number of nitrogens with zero attached hydrogens (tertiary/aromatic N) is 1. The topological polar surface area (TPSA) is 69.6 Å². The Hall–Kier alpha value is -2.30. The van der Waals surface area contributed by atoms with Crippen molar-refractivity contribution < 1.29 is 14.7 Å². The Morgan fingerprint density at radius 3 is 2.48 bits per heavy atom. The summed E-state index contributed by atoms with van der Waals surface area (Å²) in [6.45, 7) is 4.81. The number of hydrogen-bond donors (Lipinski definition) is 2. The maximum atomic E-state index is 13.2. The van der Waals surface area contributed by atoms with Gasteiger partial charge in [-0.3, -0.25) is 4.79 Å². The van der Waals surface area contributed by atoms with E-state index in [1.54, 1.807) is 6.07 Å². The van der Waals surface area contributed by atoms with Crippen LogP contribution in [0.1, 0.15) is 77.2 Å². The molecular formula is C24H34N2O3. The zero-order chi connectivity index (χ0) is 20.8. The zero-order valence-electron chi connectivity index (χ0n) is 17.7. The molecule has 0 radical (unpaired) electrons. The van der Waals surface area contributed by atoms with Crippen LogP contribution >= 0.6 is 0 Å². The summed E-state index contributed by atoms with van der Waals surface area (Å²) < 4.78 is 0. The van der Waals surface area contributed by atoms with E-state index in [1.807, 2.05) is 18.2 Å². The van der Waals surface area contributed by atoms with Crippen LogP contribution in [0.5, 0.6) is 0 Å². The highest BCUT2D eigenvalue weighted by Crippen LogP contribution is 2.43. The monoisotopic (exact) mass is 398 g/mol. The second kappa shape index (κ2) is 9.95. The van der Waals surface area contributed by atoms with Crippen molar-refractivity contribution in [1.82, 2.24) is 5.32 Å². The Kier molecular flexibility index (Phi) is 7.34. The van der Waals surface area contributed by atoms with Crippen LogP contribution in [0.15, 0.2) is 30.0 Å². The van der Waals surface area contributed by atoms with Gasteiger partial charge in [0.2, 0.25) is 0 Å². The van der Waals surface area contributed by atoms with Crippen molar-refractivity contribution in [3.63, 3.8) is 0 Å². The quantitative estimate of drug-likeness (QED) is 0.346. The molecule has 1 aliphatic heterocycles. The van der Waals surface area contributed by atoms with E-state index < -0.39 is 11.9 Å². The van der Waals surface area contributed by atoms with Gasteiger partial charge in [-0.15, -0.1) is 0 Å². The Morgan fingerprint density at radius 1 is 1.10 bits per heavy atom. The molecule has 0 saturated heterocycles. The number of benzene rings is 1. The number of aliphatic hydroxyl groups is 1. The molecule has 1 aliphatic carbocycles. The maximum absolute atomic E-state index is 13.2. The van der Waals surface area contributed by atoms with Gasteiger partial charge in [-0.25, -0.2) is 9.69 Å². The van der Waals surface area contributed by atoms with Gasteiger partial charge in [0, 0.05) is 18.0 Å². The van der Waals surface area contributed by atoms with Crippen molar-refractivity contribution in [3.8, 4) is 0 Å². The van der Waals surface area contributed by atoms with Crippen LogP contribution in [0.3, 0.4) is 0 Å². The molecule has 5 nitrogen and oxygen atoms in total. The summed E-state index contributed by atoms with van der Waals surface area (Å²) in [6, 6.07) is 6.85. The summed E-state index contributed by atoms with van der Waals surface area (Å²) in [5.74, 6) is 0.491. The van der Waals surface area contributed by atoms with Crippen molar-refractivity contribution in [2.75, 3.05) is 11.4 Å². The number of hydrogen-bond acceptors (Lipinski definition) is 3. The zero-order valence-corrected chi connectivity index (χ0v) is 17.7. The lowest BCUT2D eigenvalue weighted by molar-refractivity contribution is -0.112. The summed E-state index contributed by atoms with van der Waals surface area (Å²) in [6.07, 6.45) is 9.57. The van der Waals surface area contributed by atoms with Crippen LogP contribution in [0.25, 0.3) is 5.57 Å². The van der Waals surface area contributed by atoms with E-state index in [0.717, 1.165) is 44.4 Å². The third-order valence-corrected chi connectivity index (χ3v) is 6.30. The molecule has 1 aromatic carbocycles. The van der Waals surface area contributed by atoms with Gasteiger partial charge in [0.05, 0.1) is 11.3 Å². The molecule has 3 amide bonds. The van der Waals surface area contributed by atoms with Crippen molar-refractivity contribution in [2.24, 2.45) is 11.8 Å². The van der Waals surface area contributed by atoms with Gasteiger partial charge < -0.3 is 10.4 Å². The van der Waals surface area contributed by atoms with Crippen molar-refractivity contribution in [2.45, 2.75) is 71.6 Å². The number of anilines is 1. The number of nitrogens with one attached hydrogen (secondary N) is 1. The van der Waals surface area contributed by atoms with Gasteiger partial charge in [-0.05, 0) is 44.1 Å². The predicted octanol–water partition coefficient (Wildman–Crippen LogP) is 5.81. The van der Waals surface area contributed by atoms with Crippen molar-refractivity contribution in [3.05, 3.63) is 35.6 Å². The maximum Gasteiger partial charge on any atom is 0.329 e. The molecule has 29 heavy (non-hydrogen) atoms. The van der Waals surface area contributed by atoms with Crippen molar-refractivity contribution >= 4 is 23.2 Å². The number of allylic oxidation sites excluding steroid dienone is 1. The Labute approximate surface area is 174 Å². The van der Waals surface area contributed by atoms with Crippen LogP contribution in [0.4, 0.5) is 10.5 Å². The summed E-state index contributed by atoms with van der Waals surface area (Å²) in [5, 5.41) is 13.9. The Balaban J connectivity index is 1.80. The highest BCUT2D eigenvalue weighted by molar-refractivity contribution is 6.39. The first kappa shape index (κ1) is 21.4. The van der Waals surface area contributed by atoms with Gasteiger partial charge in [-0.1, -0.05) is 57.7 Å². The molecule has 0 bridgehead atoms. The largest absolute Gasteiger partial charge is 0.511 e. The minimum Gasteiger partial charge on any atom is -0.511 e. The molecule has 1 heterocycles. The molecule has 2 N–H and O–H groups in total. The number of imide groups is 1. The minimum atomic E-state index is -0.415. The number of carbonyl (C=O) groups excluding carboxylic acids is 2. The smallest absolute Gasteiger partial charge is 0.329 e. The van der Waals surface area contributed by atoms with Crippen LogP contribution in [0, 0.1) is 11.8 Å². The average Bonchev–Trinajstić information content (AvgIpc) is 3.04. The summed E-state index contributed by atoms with van der Waals surface area (Å²) in [7, 11) is 0. The molecule has 5 heteroatoms. The third-order valence-electron chi connectivity index (χ3n) is 6.30. The molecule has 2 aliphatic rings. The van der Waals surface area contributed by atoms with E-state index in [1.165, 1.54) is 24.2 Å². The summed E-state index contributed by atoms with van der Waals surface area (Å²) in [5.41, 5.74) is 1.53. The molecule has 0 unspecified atom stereocenters. The number of carbonyl (C=O) groups is 2. The van der Waals surface area contributed by atoms with Crippen LogP contribution in [0.2, 0.25) is 0 Å². The standard InChI is InChI=1S/C24H34N2O3/c1-3-5-9-17-12-14-18(15-13-17)22(27)21-19-10-7-8-11-20(19)26(23(21)28)24(29)25-16-6-4-2/h7-8,10-11,17-18,27H,3-6,9,12-16H2,1-2H3,(H,25,29). The number of para-hydroxylation sites is 1. The van der Waals surface area contributed by atoms with E-state index in [2.05, 4.69) is 19.2 Å². The molecule has 0 spiro atoms. The number of urea groups is 1. The van der Waals surface area contributed by atoms with Gasteiger partial charge in [0.25, 0.3) is 5.91 Å². The number of rotatable bonds is 7. The summed E-state index contributed by atoms with van der Waals surface area (Å²) >= 11 is 0. The van der Waals surface area contributed by atoms with Gasteiger partial charge >= 0.3 is 6.03 Å². The third kappa shape index (κ3) is 4.65. The van der Waals surface area contributed by atoms with Crippen LogP contribution < -0.4 is 10.2 Å².